The van der Waals surface area contributed by atoms with E-state index in [0.29, 0.717) is 0 Å². The fourth-order valence-corrected chi connectivity index (χ4v) is 2.58. The molecule has 94 valence electrons. The summed E-state index contributed by atoms with van der Waals surface area (Å²) in [5.41, 5.74) is 2.06. The minimum Gasteiger partial charge on any atom is -0.395 e. The van der Waals surface area contributed by atoms with Crippen molar-refractivity contribution in [2.24, 2.45) is 0 Å². The molecule has 0 aliphatic carbocycles. The van der Waals surface area contributed by atoms with Crippen LogP contribution in [0.3, 0.4) is 0 Å². The molecule has 1 aliphatic rings. The van der Waals surface area contributed by atoms with E-state index in [1.807, 2.05) is 19.9 Å². The molecule has 0 amide bonds. The molecule has 0 aromatic carbocycles. The van der Waals surface area contributed by atoms with Crippen LogP contribution in [0.1, 0.15) is 42.5 Å². The molecule has 1 aliphatic heterocycles. The number of rotatable bonds is 3. The summed E-state index contributed by atoms with van der Waals surface area (Å²) < 4.78 is 0. The summed E-state index contributed by atoms with van der Waals surface area (Å²) in [5.74, 6) is 0.927. The zero-order chi connectivity index (χ0) is 12.3. The average Bonchev–Trinajstić information content (AvgIpc) is 2.29. The van der Waals surface area contributed by atoms with Crippen LogP contribution in [-0.4, -0.2) is 39.7 Å². The third-order valence-corrected chi connectivity index (χ3v) is 3.30. The van der Waals surface area contributed by atoms with Crippen LogP contribution in [0.25, 0.3) is 0 Å². The smallest absolute Gasteiger partial charge is 0.145 e. The van der Waals surface area contributed by atoms with Crippen LogP contribution >= 0.6 is 0 Å². The first kappa shape index (κ1) is 12.5. The molecule has 4 heteroatoms. The molecule has 0 radical (unpaired) electrons. The Labute approximate surface area is 103 Å². The normalized spacial score (nSPS) is 21.7. The molecular formula is C13H21N3O. The summed E-state index contributed by atoms with van der Waals surface area (Å²) >= 11 is 0. The van der Waals surface area contributed by atoms with Crippen molar-refractivity contribution < 1.29 is 5.11 Å². The van der Waals surface area contributed by atoms with Gasteiger partial charge in [0, 0.05) is 17.9 Å². The number of aliphatic hydroxyl groups is 1. The number of aryl methyl sites for hydroxylation is 2. The number of piperidine rings is 1. The maximum Gasteiger partial charge on any atom is 0.145 e. The number of aliphatic hydroxyl groups excluding tert-OH is 1. The van der Waals surface area contributed by atoms with Crippen molar-refractivity contribution in [3.8, 4) is 0 Å². The molecule has 1 unspecified atom stereocenters. The van der Waals surface area contributed by atoms with E-state index in [1.54, 1.807) is 0 Å². The Morgan fingerprint density at radius 2 is 2.00 bits per heavy atom. The summed E-state index contributed by atoms with van der Waals surface area (Å²) in [7, 11) is 0. The zero-order valence-electron chi connectivity index (χ0n) is 10.7. The van der Waals surface area contributed by atoms with Crippen LogP contribution in [-0.2, 0) is 0 Å². The van der Waals surface area contributed by atoms with E-state index in [1.165, 1.54) is 12.8 Å². The summed E-state index contributed by atoms with van der Waals surface area (Å²) in [6, 6.07) is 2.29. The van der Waals surface area contributed by atoms with Crippen molar-refractivity contribution in [3.05, 3.63) is 23.3 Å². The van der Waals surface area contributed by atoms with Gasteiger partial charge in [0.05, 0.1) is 12.6 Å². The molecule has 1 aromatic rings. The topological polar surface area (TPSA) is 49.2 Å². The lowest BCUT2D eigenvalue weighted by Crippen LogP contribution is -2.36. The first-order valence-corrected chi connectivity index (χ1v) is 6.38. The van der Waals surface area contributed by atoms with Gasteiger partial charge in [-0.05, 0) is 39.3 Å². The van der Waals surface area contributed by atoms with Gasteiger partial charge >= 0.3 is 0 Å². The minimum absolute atomic E-state index is 0.210. The van der Waals surface area contributed by atoms with Crippen molar-refractivity contribution >= 4 is 0 Å². The summed E-state index contributed by atoms with van der Waals surface area (Å²) in [6.45, 7) is 6.00. The van der Waals surface area contributed by atoms with Crippen molar-refractivity contribution in [1.82, 2.24) is 14.9 Å². The van der Waals surface area contributed by atoms with Gasteiger partial charge in [0.1, 0.15) is 5.82 Å². The highest BCUT2D eigenvalue weighted by atomic mass is 16.3. The van der Waals surface area contributed by atoms with Crippen molar-refractivity contribution in [1.29, 1.82) is 0 Å². The fraction of sp³-hybridized carbons (Fsp3) is 0.692. The van der Waals surface area contributed by atoms with Crippen LogP contribution in [0, 0.1) is 13.8 Å². The van der Waals surface area contributed by atoms with Crippen molar-refractivity contribution in [2.45, 2.75) is 39.2 Å². The molecule has 1 aromatic heterocycles. The van der Waals surface area contributed by atoms with Crippen LogP contribution < -0.4 is 0 Å². The number of hydrogen-bond donors (Lipinski definition) is 1. The number of nitrogens with zero attached hydrogens (tertiary/aromatic N) is 3. The van der Waals surface area contributed by atoms with Gasteiger partial charge in [0.2, 0.25) is 0 Å². The van der Waals surface area contributed by atoms with Crippen LogP contribution in [0.2, 0.25) is 0 Å². The molecule has 1 atom stereocenters. The Kier molecular flexibility index (Phi) is 4.07. The first-order valence-electron chi connectivity index (χ1n) is 6.38. The Morgan fingerprint density at radius 1 is 1.29 bits per heavy atom. The molecule has 2 rings (SSSR count). The molecule has 0 bridgehead atoms. The van der Waals surface area contributed by atoms with E-state index in [2.05, 4.69) is 14.9 Å². The maximum absolute atomic E-state index is 9.11. The van der Waals surface area contributed by atoms with E-state index in [-0.39, 0.29) is 12.6 Å². The van der Waals surface area contributed by atoms with E-state index in [4.69, 9.17) is 5.11 Å². The van der Waals surface area contributed by atoms with Crippen molar-refractivity contribution in [2.75, 3.05) is 19.7 Å². The molecule has 0 spiro atoms. The Balaban J connectivity index is 2.22. The van der Waals surface area contributed by atoms with E-state index >= 15 is 0 Å². The van der Waals surface area contributed by atoms with Crippen LogP contribution in [0.15, 0.2) is 6.07 Å². The van der Waals surface area contributed by atoms with Gasteiger partial charge in [0.25, 0.3) is 0 Å². The lowest BCUT2D eigenvalue weighted by Gasteiger charge is -2.34. The third kappa shape index (κ3) is 3.01. The molecule has 2 heterocycles. The average molecular weight is 235 g/mol. The third-order valence-electron chi connectivity index (χ3n) is 3.30. The summed E-state index contributed by atoms with van der Waals surface area (Å²) in [6.07, 6.45) is 3.53. The largest absolute Gasteiger partial charge is 0.395 e. The SMILES string of the molecule is Cc1cc(C)nc(C2CCCCN2CCO)n1. The number of β-amino-alcohol motifs (C(OH)–C–C–N with tert-alkyl or cyclic N) is 1. The second kappa shape index (κ2) is 5.56. The number of likely N-dealkylation sites (tertiary alicyclic amines) is 1. The Morgan fingerprint density at radius 3 is 2.65 bits per heavy atom. The fourth-order valence-electron chi connectivity index (χ4n) is 2.58. The molecular weight excluding hydrogens is 214 g/mol. The Hall–Kier alpha value is -1.00. The first-order chi connectivity index (χ1) is 8.20. The summed E-state index contributed by atoms with van der Waals surface area (Å²) in [5, 5.41) is 9.11. The molecule has 17 heavy (non-hydrogen) atoms. The highest BCUT2D eigenvalue weighted by Crippen LogP contribution is 2.28. The molecule has 1 fully saturated rings. The predicted molar refractivity (Wildman–Crippen MR) is 66.8 cm³/mol. The van der Waals surface area contributed by atoms with Gasteiger partial charge in [-0.3, -0.25) is 4.90 Å². The van der Waals surface area contributed by atoms with Crippen LogP contribution in [0.5, 0.6) is 0 Å². The second-order valence-electron chi connectivity index (χ2n) is 4.78. The summed E-state index contributed by atoms with van der Waals surface area (Å²) in [4.78, 5) is 11.4. The van der Waals surface area contributed by atoms with Gasteiger partial charge in [-0.1, -0.05) is 6.42 Å². The monoisotopic (exact) mass is 235 g/mol. The zero-order valence-corrected chi connectivity index (χ0v) is 10.7. The number of aromatic nitrogens is 2. The van der Waals surface area contributed by atoms with E-state index < -0.39 is 0 Å². The molecule has 1 N–H and O–H groups in total. The molecule has 0 saturated carbocycles. The van der Waals surface area contributed by atoms with Gasteiger partial charge in [0.15, 0.2) is 0 Å². The van der Waals surface area contributed by atoms with Crippen LogP contribution in [0.4, 0.5) is 0 Å². The standard InChI is InChI=1S/C13H21N3O/c1-10-9-11(2)15-13(14-10)12-5-3-4-6-16(12)7-8-17/h9,12,17H,3-8H2,1-2H3. The number of hydrogen-bond acceptors (Lipinski definition) is 4. The highest BCUT2D eigenvalue weighted by Gasteiger charge is 2.25. The van der Waals surface area contributed by atoms with Gasteiger partial charge in [-0.15, -0.1) is 0 Å². The van der Waals surface area contributed by atoms with Gasteiger partial charge < -0.3 is 5.11 Å². The molecule has 4 nitrogen and oxygen atoms in total. The molecule has 1 saturated heterocycles. The lowest BCUT2D eigenvalue weighted by atomic mass is 10.0. The lowest BCUT2D eigenvalue weighted by molar-refractivity contribution is 0.112. The van der Waals surface area contributed by atoms with Gasteiger partial charge in [-0.2, -0.15) is 0 Å². The van der Waals surface area contributed by atoms with E-state index in [0.717, 1.165) is 36.7 Å². The second-order valence-corrected chi connectivity index (χ2v) is 4.78. The van der Waals surface area contributed by atoms with Crippen molar-refractivity contribution in [3.63, 3.8) is 0 Å². The van der Waals surface area contributed by atoms with E-state index in [9.17, 15) is 0 Å². The maximum atomic E-state index is 9.11. The highest BCUT2D eigenvalue weighted by molar-refractivity contribution is 5.11. The minimum atomic E-state index is 0.210. The predicted octanol–water partition coefficient (Wildman–Crippen LogP) is 1.61. The van der Waals surface area contributed by atoms with Gasteiger partial charge in [-0.25, -0.2) is 9.97 Å². The quantitative estimate of drug-likeness (QED) is 0.864. The Bertz CT molecular complexity index is 359.